The van der Waals surface area contributed by atoms with Gasteiger partial charge in [0.2, 0.25) is 11.8 Å². The maximum absolute atomic E-state index is 13.3. The van der Waals surface area contributed by atoms with E-state index in [-0.39, 0.29) is 24.4 Å². The number of hydrogen-bond acceptors (Lipinski definition) is 6. The Kier molecular flexibility index (Phi) is 5.56. The lowest BCUT2D eigenvalue weighted by atomic mass is 10.0. The Labute approximate surface area is 181 Å². The third-order valence-corrected chi connectivity index (χ3v) is 6.10. The largest absolute Gasteiger partial charge is 0.450 e. The summed E-state index contributed by atoms with van der Waals surface area (Å²) in [6.45, 7) is 10.7. The van der Waals surface area contributed by atoms with Crippen LogP contribution < -0.4 is 0 Å². The van der Waals surface area contributed by atoms with E-state index < -0.39 is 0 Å². The standard InChI is InChI=1S/C23H28N4O4/c1-6-19-24-18(25-31-19)12-27(16(5)28)17-9-10-26(11-17)23(29)22-15(4)20-13(2)7-8-14(3)21(20)30-22/h7-8,17H,6,9-12H2,1-5H3/t17-/m0/s1. The second-order valence-corrected chi connectivity index (χ2v) is 8.26. The molecule has 0 N–H and O–H groups in total. The average molecular weight is 425 g/mol. The van der Waals surface area contributed by atoms with E-state index in [1.165, 1.54) is 6.92 Å². The second kappa shape index (κ2) is 8.17. The zero-order valence-corrected chi connectivity index (χ0v) is 18.7. The summed E-state index contributed by atoms with van der Waals surface area (Å²) in [6, 6.07) is 3.96. The number of aromatic nitrogens is 2. The molecule has 8 heteroatoms. The van der Waals surface area contributed by atoms with Crippen molar-refractivity contribution < 1.29 is 18.5 Å². The fourth-order valence-electron chi connectivity index (χ4n) is 4.35. The number of benzene rings is 1. The SMILES string of the molecule is CCc1nc(CN(C(C)=O)[C@H]2CCN(C(=O)c3oc4c(C)ccc(C)c4c3C)C2)no1. The van der Waals surface area contributed by atoms with Gasteiger partial charge >= 0.3 is 0 Å². The van der Waals surface area contributed by atoms with Crippen molar-refractivity contribution in [3.63, 3.8) is 0 Å². The van der Waals surface area contributed by atoms with Gasteiger partial charge in [0.05, 0.1) is 12.6 Å². The normalized spacial score (nSPS) is 16.3. The summed E-state index contributed by atoms with van der Waals surface area (Å²) in [5, 5.41) is 4.97. The maximum atomic E-state index is 13.3. The third-order valence-electron chi connectivity index (χ3n) is 6.10. The molecule has 2 amide bonds. The van der Waals surface area contributed by atoms with Gasteiger partial charge in [-0.3, -0.25) is 9.59 Å². The first kappa shape index (κ1) is 21.1. The summed E-state index contributed by atoms with van der Waals surface area (Å²) < 4.78 is 11.2. The Balaban J connectivity index is 1.53. The lowest BCUT2D eigenvalue weighted by Gasteiger charge is -2.26. The number of aryl methyl sites for hydroxylation is 4. The van der Waals surface area contributed by atoms with Crippen molar-refractivity contribution >= 4 is 22.8 Å². The highest BCUT2D eigenvalue weighted by molar-refractivity contribution is 6.00. The van der Waals surface area contributed by atoms with E-state index in [0.717, 1.165) is 27.7 Å². The Bertz CT molecular complexity index is 1150. The molecule has 0 saturated carbocycles. The summed E-state index contributed by atoms with van der Waals surface area (Å²) in [6.07, 6.45) is 1.34. The molecule has 1 aromatic carbocycles. The average Bonchev–Trinajstić information content (AvgIpc) is 3.47. The van der Waals surface area contributed by atoms with Crippen molar-refractivity contribution in [2.75, 3.05) is 13.1 Å². The van der Waals surface area contributed by atoms with Crippen molar-refractivity contribution in [1.29, 1.82) is 0 Å². The van der Waals surface area contributed by atoms with Crippen LogP contribution in [0.5, 0.6) is 0 Å². The quantitative estimate of drug-likeness (QED) is 0.622. The van der Waals surface area contributed by atoms with Crippen LogP contribution in [-0.2, 0) is 17.8 Å². The first-order chi connectivity index (χ1) is 14.8. The van der Waals surface area contributed by atoms with Crippen LogP contribution in [0, 0.1) is 20.8 Å². The van der Waals surface area contributed by atoms with Gasteiger partial charge in [-0.1, -0.05) is 24.2 Å². The van der Waals surface area contributed by atoms with Gasteiger partial charge in [-0.25, -0.2) is 0 Å². The summed E-state index contributed by atoms with van der Waals surface area (Å²) in [4.78, 5) is 33.4. The van der Waals surface area contributed by atoms with Crippen molar-refractivity contribution in [2.24, 2.45) is 0 Å². The molecule has 3 heterocycles. The van der Waals surface area contributed by atoms with Crippen LogP contribution in [0.1, 0.15) is 59.2 Å². The van der Waals surface area contributed by atoms with E-state index >= 15 is 0 Å². The third kappa shape index (κ3) is 3.82. The van der Waals surface area contributed by atoms with Crippen molar-refractivity contribution in [3.8, 4) is 0 Å². The Hall–Kier alpha value is -3.16. The van der Waals surface area contributed by atoms with Crippen LogP contribution in [0.3, 0.4) is 0 Å². The number of amides is 2. The van der Waals surface area contributed by atoms with Crippen LogP contribution in [0.15, 0.2) is 21.1 Å². The number of fused-ring (bicyclic) bond motifs is 1. The molecule has 1 aliphatic heterocycles. The zero-order chi connectivity index (χ0) is 22.3. The molecule has 4 rings (SSSR count). The molecule has 31 heavy (non-hydrogen) atoms. The minimum absolute atomic E-state index is 0.0756. The molecule has 1 saturated heterocycles. The Morgan fingerprint density at radius 2 is 1.97 bits per heavy atom. The summed E-state index contributed by atoms with van der Waals surface area (Å²) in [5.41, 5.74) is 3.74. The first-order valence-corrected chi connectivity index (χ1v) is 10.7. The first-order valence-electron chi connectivity index (χ1n) is 10.7. The van der Waals surface area contributed by atoms with Crippen LogP contribution in [0.25, 0.3) is 11.0 Å². The lowest BCUT2D eigenvalue weighted by molar-refractivity contribution is -0.131. The van der Waals surface area contributed by atoms with Gasteiger partial charge in [0, 0.05) is 37.4 Å². The van der Waals surface area contributed by atoms with Gasteiger partial charge in [0.15, 0.2) is 11.6 Å². The van der Waals surface area contributed by atoms with Gasteiger partial charge in [0.1, 0.15) is 5.58 Å². The van der Waals surface area contributed by atoms with E-state index in [0.29, 0.717) is 43.4 Å². The molecular formula is C23H28N4O4. The number of carbonyl (C=O) groups is 2. The van der Waals surface area contributed by atoms with Gasteiger partial charge in [-0.15, -0.1) is 0 Å². The molecule has 1 atom stereocenters. The molecule has 3 aromatic rings. The number of furan rings is 1. The van der Waals surface area contributed by atoms with E-state index in [4.69, 9.17) is 8.94 Å². The monoisotopic (exact) mass is 424 g/mol. The van der Waals surface area contributed by atoms with Gasteiger partial charge < -0.3 is 18.7 Å². The summed E-state index contributed by atoms with van der Waals surface area (Å²) >= 11 is 0. The maximum Gasteiger partial charge on any atom is 0.289 e. The fourth-order valence-corrected chi connectivity index (χ4v) is 4.35. The number of hydrogen-bond donors (Lipinski definition) is 0. The highest BCUT2D eigenvalue weighted by Crippen LogP contribution is 2.32. The van der Waals surface area contributed by atoms with E-state index in [9.17, 15) is 9.59 Å². The lowest BCUT2D eigenvalue weighted by Crippen LogP contribution is -2.41. The minimum atomic E-state index is -0.133. The highest BCUT2D eigenvalue weighted by atomic mass is 16.5. The van der Waals surface area contributed by atoms with Crippen LogP contribution in [0.2, 0.25) is 0 Å². The summed E-state index contributed by atoms with van der Waals surface area (Å²) in [5.74, 6) is 1.21. The second-order valence-electron chi connectivity index (χ2n) is 8.26. The Morgan fingerprint density at radius 3 is 2.61 bits per heavy atom. The zero-order valence-electron chi connectivity index (χ0n) is 18.7. The topological polar surface area (TPSA) is 92.7 Å². The van der Waals surface area contributed by atoms with Crippen molar-refractivity contribution in [3.05, 3.63) is 46.3 Å². The molecule has 0 aliphatic carbocycles. The number of rotatable bonds is 5. The Morgan fingerprint density at radius 1 is 1.23 bits per heavy atom. The highest BCUT2D eigenvalue weighted by Gasteiger charge is 2.35. The smallest absolute Gasteiger partial charge is 0.289 e. The molecule has 0 radical (unpaired) electrons. The molecule has 164 valence electrons. The predicted molar refractivity (Wildman–Crippen MR) is 115 cm³/mol. The number of nitrogens with zero attached hydrogens (tertiary/aromatic N) is 4. The van der Waals surface area contributed by atoms with E-state index in [1.807, 2.05) is 39.8 Å². The minimum Gasteiger partial charge on any atom is -0.450 e. The van der Waals surface area contributed by atoms with E-state index in [1.54, 1.807) is 9.80 Å². The fraction of sp³-hybridized carbons (Fsp3) is 0.478. The van der Waals surface area contributed by atoms with Crippen LogP contribution in [-0.4, -0.2) is 50.9 Å². The van der Waals surface area contributed by atoms with Gasteiger partial charge in [-0.2, -0.15) is 4.98 Å². The summed E-state index contributed by atoms with van der Waals surface area (Å²) in [7, 11) is 0. The van der Waals surface area contributed by atoms with Crippen LogP contribution in [0.4, 0.5) is 0 Å². The molecule has 8 nitrogen and oxygen atoms in total. The van der Waals surface area contributed by atoms with E-state index in [2.05, 4.69) is 10.1 Å². The van der Waals surface area contributed by atoms with Crippen molar-refractivity contribution in [1.82, 2.24) is 19.9 Å². The van der Waals surface area contributed by atoms with Crippen LogP contribution >= 0.6 is 0 Å². The molecule has 2 aromatic heterocycles. The molecule has 0 bridgehead atoms. The van der Waals surface area contributed by atoms with Gasteiger partial charge in [-0.05, 0) is 38.3 Å². The molecule has 1 fully saturated rings. The molecular weight excluding hydrogens is 396 g/mol. The number of carbonyl (C=O) groups excluding carboxylic acids is 2. The van der Waals surface area contributed by atoms with Crippen molar-refractivity contribution in [2.45, 2.75) is 60.0 Å². The molecule has 0 spiro atoms. The van der Waals surface area contributed by atoms with Gasteiger partial charge in [0.25, 0.3) is 5.91 Å². The predicted octanol–water partition coefficient (Wildman–Crippen LogP) is 3.57. The molecule has 1 aliphatic rings. The molecule has 0 unspecified atom stereocenters. The number of likely N-dealkylation sites (tertiary alicyclic amines) is 1.